The maximum Gasteiger partial charge on any atom is 0.156 e. The standard InChI is InChI=1S/C21H24S.C2H6/c1-4-5-11-16-21(2,3)22-20-15-10-9-14-19(20)17-18-12-7-6-8-13-18;1-2/h4-16H,17H2,1-3H3;1-2H3/p+1/b5-4-,16-11-;. The Hall–Kier alpha value is -1.73. The lowest BCUT2D eigenvalue weighted by Crippen LogP contribution is -2.19. The molecule has 0 atom stereocenters. The van der Waals surface area contributed by atoms with Crippen molar-refractivity contribution in [3.05, 3.63) is 90.0 Å². The quantitative estimate of drug-likeness (QED) is 0.325. The molecule has 24 heavy (non-hydrogen) atoms. The average Bonchev–Trinajstić information content (AvgIpc) is 2.59. The number of hydrogen-bond donors (Lipinski definition) is 0. The fourth-order valence-corrected chi connectivity index (χ4v) is 3.57. The Bertz CT molecular complexity index is 636. The van der Waals surface area contributed by atoms with Crippen LogP contribution in [0.3, 0.4) is 0 Å². The van der Waals surface area contributed by atoms with Gasteiger partial charge in [-0.3, -0.25) is 0 Å². The van der Waals surface area contributed by atoms with Gasteiger partial charge < -0.3 is 0 Å². The van der Waals surface area contributed by atoms with Gasteiger partial charge >= 0.3 is 0 Å². The Labute approximate surface area is 152 Å². The maximum absolute atomic E-state index is 2.29. The van der Waals surface area contributed by atoms with Crippen LogP contribution in [0.15, 0.2) is 83.8 Å². The van der Waals surface area contributed by atoms with Crippen LogP contribution in [0.2, 0.25) is 0 Å². The van der Waals surface area contributed by atoms with E-state index in [4.69, 9.17) is 0 Å². The highest BCUT2D eigenvalue weighted by Gasteiger charge is 2.26. The molecule has 0 fully saturated rings. The SMILES string of the molecule is C/C=C\C=C/C(C)(C)[SH+]c1ccccc1Cc1ccccc1.CC. The molecule has 0 saturated carbocycles. The van der Waals surface area contributed by atoms with Crippen molar-refractivity contribution in [1.82, 2.24) is 0 Å². The molecule has 2 rings (SSSR count). The summed E-state index contributed by atoms with van der Waals surface area (Å²) in [6, 6.07) is 19.5. The normalized spacial score (nSPS) is 11.5. The van der Waals surface area contributed by atoms with Crippen molar-refractivity contribution in [3.63, 3.8) is 0 Å². The minimum absolute atomic E-state index is 0.131. The van der Waals surface area contributed by atoms with Crippen LogP contribution < -0.4 is 0 Å². The molecule has 1 heteroatoms. The molecule has 0 unspecified atom stereocenters. The molecule has 0 saturated heterocycles. The Morgan fingerprint density at radius 3 is 2.17 bits per heavy atom. The van der Waals surface area contributed by atoms with Crippen LogP contribution in [0.4, 0.5) is 0 Å². The van der Waals surface area contributed by atoms with E-state index in [1.807, 2.05) is 20.8 Å². The van der Waals surface area contributed by atoms with Gasteiger partial charge in [0, 0.05) is 23.7 Å². The van der Waals surface area contributed by atoms with E-state index in [2.05, 4.69) is 92.7 Å². The highest BCUT2D eigenvalue weighted by molar-refractivity contribution is 7.80. The first kappa shape index (κ1) is 20.3. The van der Waals surface area contributed by atoms with Gasteiger partial charge in [-0.25, -0.2) is 0 Å². The lowest BCUT2D eigenvalue weighted by molar-refractivity contribution is 0.891. The summed E-state index contributed by atoms with van der Waals surface area (Å²) in [7, 11) is 0. The van der Waals surface area contributed by atoms with E-state index in [1.165, 1.54) is 27.8 Å². The van der Waals surface area contributed by atoms with Gasteiger partial charge in [-0.2, -0.15) is 0 Å². The van der Waals surface area contributed by atoms with Crippen LogP contribution in [0, 0.1) is 0 Å². The van der Waals surface area contributed by atoms with Crippen molar-refractivity contribution in [2.75, 3.05) is 0 Å². The van der Waals surface area contributed by atoms with Crippen LogP contribution in [0.1, 0.15) is 45.7 Å². The number of allylic oxidation sites excluding steroid dienone is 3. The summed E-state index contributed by atoms with van der Waals surface area (Å²) in [4.78, 5) is 1.42. The molecule has 0 aliphatic heterocycles. The summed E-state index contributed by atoms with van der Waals surface area (Å²) in [5.74, 6) is 0. The summed E-state index contributed by atoms with van der Waals surface area (Å²) < 4.78 is 0.131. The van der Waals surface area contributed by atoms with E-state index in [0.717, 1.165) is 6.42 Å². The van der Waals surface area contributed by atoms with Gasteiger partial charge in [-0.1, -0.05) is 80.6 Å². The van der Waals surface area contributed by atoms with Gasteiger partial charge in [-0.15, -0.1) is 0 Å². The van der Waals surface area contributed by atoms with E-state index in [9.17, 15) is 0 Å². The molecule has 0 aliphatic carbocycles. The first-order chi connectivity index (χ1) is 11.6. The highest BCUT2D eigenvalue weighted by Crippen LogP contribution is 2.23. The topological polar surface area (TPSA) is 0 Å². The molecule has 0 aromatic heterocycles. The first-order valence-electron chi connectivity index (χ1n) is 8.76. The lowest BCUT2D eigenvalue weighted by Gasteiger charge is -2.13. The molecule has 0 spiro atoms. The largest absolute Gasteiger partial charge is 0.156 e. The van der Waals surface area contributed by atoms with E-state index < -0.39 is 0 Å². The number of thiol groups is 1. The first-order valence-corrected chi connectivity index (χ1v) is 9.65. The molecular formula is C23H31S+. The van der Waals surface area contributed by atoms with E-state index in [1.54, 1.807) is 0 Å². The summed E-state index contributed by atoms with van der Waals surface area (Å²) in [5, 5.41) is 0. The van der Waals surface area contributed by atoms with Crippen molar-refractivity contribution in [3.8, 4) is 0 Å². The Balaban J connectivity index is 0.00000139. The molecule has 0 nitrogen and oxygen atoms in total. The maximum atomic E-state index is 2.29. The second-order valence-electron chi connectivity index (χ2n) is 5.94. The molecule has 0 N–H and O–H groups in total. The molecule has 2 aromatic rings. The molecule has 0 bridgehead atoms. The smallest absolute Gasteiger partial charge is 0.0877 e. The van der Waals surface area contributed by atoms with Crippen LogP contribution in [-0.2, 0) is 18.2 Å². The zero-order chi connectivity index (χ0) is 17.8. The van der Waals surface area contributed by atoms with Gasteiger partial charge in [0.15, 0.2) is 4.90 Å². The third kappa shape index (κ3) is 7.23. The van der Waals surface area contributed by atoms with Gasteiger partial charge in [0.05, 0.1) is 0 Å². The molecule has 0 heterocycles. The summed E-state index contributed by atoms with van der Waals surface area (Å²) in [6.45, 7) is 10.6. The van der Waals surface area contributed by atoms with Gasteiger partial charge in [0.25, 0.3) is 0 Å². The summed E-state index contributed by atoms with van der Waals surface area (Å²) in [6.07, 6.45) is 9.58. The lowest BCUT2D eigenvalue weighted by atomic mass is 10.1. The van der Waals surface area contributed by atoms with Crippen LogP contribution >= 0.6 is 0 Å². The van der Waals surface area contributed by atoms with Crippen molar-refractivity contribution < 1.29 is 0 Å². The summed E-state index contributed by atoms with van der Waals surface area (Å²) in [5.41, 5.74) is 2.79. The van der Waals surface area contributed by atoms with Crippen LogP contribution in [-0.4, -0.2) is 4.75 Å². The number of hydrogen-bond acceptors (Lipinski definition) is 0. The fourth-order valence-electron chi connectivity index (χ4n) is 2.34. The second kappa shape index (κ2) is 10.9. The molecule has 0 aliphatic rings. The Morgan fingerprint density at radius 1 is 0.875 bits per heavy atom. The zero-order valence-electron chi connectivity index (χ0n) is 15.7. The van der Waals surface area contributed by atoms with E-state index in [-0.39, 0.29) is 4.75 Å². The van der Waals surface area contributed by atoms with Crippen molar-refractivity contribution in [2.45, 2.75) is 50.7 Å². The van der Waals surface area contributed by atoms with Crippen LogP contribution in [0.25, 0.3) is 0 Å². The zero-order valence-corrected chi connectivity index (χ0v) is 16.6. The van der Waals surface area contributed by atoms with Crippen molar-refractivity contribution in [2.24, 2.45) is 0 Å². The number of benzene rings is 2. The monoisotopic (exact) mass is 339 g/mol. The van der Waals surface area contributed by atoms with E-state index in [0.29, 0.717) is 0 Å². The molecule has 0 amide bonds. The van der Waals surface area contributed by atoms with Gasteiger partial charge in [0.2, 0.25) is 0 Å². The fraction of sp³-hybridized carbons (Fsp3) is 0.304. The molecule has 128 valence electrons. The molecule has 2 aromatic carbocycles. The van der Waals surface area contributed by atoms with Gasteiger partial charge in [0.1, 0.15) is 4.75 Å². The summed E-state index contributed by atoms with van der Waals surface area (Å²) >= 11 is 1.35. The molecular weight excluding hydrogens is 308 g/mol. The minimum atomic E-state index is 0.131. The third-order valence-electron chi connectivity index (χ3n) is 3.45. The molecule has 0 radical (unpaired) electrons. The highest BCUT2D eigenvalue weighted by atomic mass is 32.2. The van der Waals surface area contributed by atoms with Crippen molar-refractivity contribution in [1.29, 1.82) is 0 Å². The Morgan fingerprint density at radius 2 is 1.50 bits per heavy atom. The minimum Gasteiger partial charge on any atom is -0.0877 e. The van der Waals surface area contributed by atoms with Crippen molar-refractivity contribution >= 4 is 11.8 Å². The van der Waals surface area contributed by atoms with Crippen LogP contribution in [0.5, 0.6) is 0 Å². The van der Waals surface area contributed by atoms with E-state index >= 15 is 0 Å². The van der Waals surface area contributed by atoms with Gasteiger partial charge in [-0.05, 0) is 38.5 Å². The third-order valence-corrected chi connectivity index (χ3v) is 4.85. The number of rotatable bonds is 6. The predicted octanol–water partition coefficient (Wildman–Crippen LogP) is 6.39. The second-order valence-corrected chi connectivity index (χ2v) is 7.80. The Kier molecular flexibility index (Phi) is 9.26. The average molecular weight is 340 g/mol. The predicted molar refractivity (Wildman–Crippen MR) is 112 cm³/mol.